The van der Waals surface area contributed by atoms with Crippen molar-refractivity contribution in [3.8, 4) is 17.2 Å². The molecule has 1 atom stereocenters. The van der Waals surface area contributed by atoms with Crippen molar-refractivity contribution < 1.29 is 19.0 Å². The number of ether oxygens (including phenoxy) is 3. The molecule has 134 valence electrons. The lowest BCUT2D eigenvalue weighted by Crippen LogP contribution is -2.14. The Balaban J connectivity index is 2.36. The van der Waals surface area contributed by atoms with Crippen LogP contribution < -0.4 is 19.5 Å². The first-order valence-electron chi connectivity index (χ1n) is 8.25. The molecule has 1 amide bonds. The largest absolute Gasteiger partial charge is 0.493 e. The lowest BCUT2D eigenvalue weighted by atomic mass is 9.96. The summed E-state index contributed by atoms with van der Waals surface area (Å²) in [4.78, 5) is 12.8. The molecule has 5 nitrogen and oxygen atoms in total. The van der Waals surface area contributed by atoms with Crippen molar-refractivity contribution in [3.05, 3.63) is 47.5 Å². The summed E-state index contributed by atoms with van der Waals surface area (Å²) >= 11 is 0. The van der Waals surface area contributed by atoms with E-state index < -0.39 is 0 Å². The van der Waals surface area contributed by atoms with Crippen molar-refractivity contribution >= 4 is 11.6 Å². The second-order valence-electron chi connectivity index (χ2n) is 5.76. The van der Waals surface area contributed by atoms with Crippen molar-refractivity contribution in [3.63, 3.8) is 0 Å². The number of carbonyl (C=O) groups excluding carboxylic acids is 1. The van der Waals surface area contributed by atoms with Gasteiger partial charge in [-0.2, -0.15) is 0 Å². The van der Waals surface area contributed by atoms with Crippen molar-refractivity contribution in [1.82, 2.24) is 0 Å². The predicted molar refractivity (Wildman–Crippen MR) is 99.2 cm³/mol. The molecule has 0 saturated carbocycles. The van der Waals surface area contributed by atoms with Gasteiger partial charge in [-0.1, -0.05) is 32.0 Å². The summed E-state index contributed by atoms with van der Waals surface area (Å²) in [6, 6.07) is 11.1. The molecule has 0 aliphatic rings. The molecule has 5 heteroatoms. The van der Waals surface area contributed by atoms with E-state index in [9.17, 15) is 4.79 Å². The maximum atomic E-state index is 12.8. The van der Waals surface area contributed by atoms with Gasteiger partial charge in [-0.3, -0.25) is 4.79 Å². The number of amides is 1. The zero-order valence-corrected chi connectivity index (χ0v) is 15.4. The van der Waals surface area contributed by atoms with Crippen LogP contribution in [0.25, 0.3) is 0 Å². The Bertz CT molecular complexity index is 717. The van der Waals surface area contributed by atoms with Gasteiger partial charge in [-0.25, -0.2) is 0 Å². The van der Waals surface area contributed by atoms with E-state index in [0.29, 0.717) is 28.7 Å². The van der Waals surface area contributed by atoms with Gasteiger partial charge >= 0.3 is 0 Å². The average molecular weight is 343 g/mol. The molecule has 25 heavy (non-hydrogen) atoms. The average Bonchev–Trinajstić information content (AvgIpc) is 2.66. The highest BCUT2D eigenvalue weighted by Gasteiger charge is 2.18. The first-order chi connectivity index (χ1) is 12.0. The number of hydrogen-bond acceptors (Lipinski definition) is 4. The van der Waals surface area contributed by atoms with Gasteiger partial charge in [0, 0.05) is 11.3 Å². The van der Waals surface area contributed by atoms with Crippen molar-refractivity contribution in [2.75, 3.05) is 26.6 Å². The summed E-state index contributed by atoms with van der Waals surface area (Å²) < 4.78 is 15.9. The maximum absolute atomic E-state index is 12.8. The van der Waals surface area contributed by atoms with E-state index in [1.54, 1.807) is 12.1 Å². The summed E-state index contributed by atoms with van der Waals surface area (Å²) in [7, 11) is 4.58. The highest BCUT2D eigenvalue weighted by molar-refractivity contribution is 6.05. The van der Waals surface area contributed by atoms with E-state index >= 15 is 0 Å². The second-order valence-corrected chi connectivity index (χ2v) is 5.76. The Kier molecular flexibility index (Phi) is 6.28. The number of rotatable bonds is 7. The number of para-hydroxylation sites is 1. The number of nitrogens with one attached hydrogen (secondary N) is 1. The number of hydrogen-bond donors (Lipinski definition) is 1. The fourth-order valence-corrected chi connectivity index (χ4v) is 2.67. The quantitative estimate of drug-likeness (QED) is 0.805. The van der Waals surface area contributed by atoms with Crippen LogP contribution in [0.5, 0.6) is 17.2 Å². The highest BCUT2D eigenvalue weighted by atomic mass is 16.5. The van der Waals surface area contributed by atoms with Gasteiger partial charge in [-0.05, 0) is 36.1 Å². The molecule has 0 radical (unpaired) electrons. The van der Waals surface area contributed by atoms with Crippen LogP contribution in [0.3, 0.4) is 0 Å². The molecule has 0 heterocycles. The third kappa shape index (κ3) is 4.05. The molecule has 0 aromatic heterocycles. The van der Waals surface area contributed by atoms with Gasteiger partial charge in [0.25, 0.3) is 5.91 Å². The molecular weight excluding hydrogens is 318 g/mol. The molecule has 0 spiro atoms. The molecule has 2 aromatic carbocycles. The summed E-state index contributed by atoms with van der Waals surface area (Å²) in [6.07, 6.45) is 0.997. The Morgan fingerprint density at radius 1 is 1.04 bits per heavy atom. The summed E-state index contributed by atoms with van der Waals surface area (Å²) in [5, 5.41) is 2.99. The van der Waals surface area contributed by atoms with Gasteiger partial charge in [0.2, 0.25) is 5.75 Å². The first-order valence-corrected chi connectivity index (χ1v) is 8.25. The number of methoxy groups -OCH3 is 3. The monoisotopic (exact) mass is 343 g/mol. The topological polar surface area (TPSA) is 56.8 Å². The van der Waals surface area contributed by atoms with Crippen molar-refractivity contribution in [1.29, 1.82) is 0 Å². The standard InChI is InChI=1S/C20H25NO4/c1-6-13(2)15-9-7-8-10-16(15)21-20(22)14-11-17(23-3)19(25-5)18(12-14)24-4/h7-13H,6H2,1-5H3,(H,21,22)/t13-/m1/s1. The SMILES string of the molecule is CC[C@@H](C)c1ccccc1NC(=O)c1cc(OC)c(OC)c(OC)c1. The molecule has 0 saturated heterocycles. The third-order valence-electron chi connectivity index (χ3n) is 4.28. The maximum Gasteiger partial charge on any atom is 0.255 e. The predicted octanol–water partition coefficient (Wildman–Crippen LogP) is 4.48. The van der Waals surface area contributed by atoms with E-state index in [1.807, 2.05) is 24.3 Å². The molecule has 0 bridgehead atoms. The summed E-state index contributed by atoms with van der Waals surface area (Å²) in [6.45, 7) is 4.27. The molecule has 0 fully saturated rings. The Hall–Kier alpha value is -2.69. The zero-order chi connectivity index (χ0) is 18.4. The molecule has 1 N–H and O–H groups in total. The second kappa shape index (κ2) is 8.42. The number of carbonyl (C=O) groups is 1. The van der Waals surface area contributed by atoms with Crippen LogP contribution in [0.15, 0.2) is 36.4 Å². The molecule has 2 rings (SSSR count). The molecule has 0 aliphatic heterocycles. The van der Waals surface area contributed by atoms with E-state index in [4.69, 9.17) is 14.2 Å². The van der Waals surface area contributed by atoms with Gasteiger partial charge in [0.1, 0.15) is 0 Å². The minimum absolute atomic E-state index is 0.227. The fraction of sp³-hybridized carbons (Fsp3) is 0.350. The highest BCUT2D eigenvalue weighted by Crippen LogP contribution is 2.38. The first kappa shape index (κ1) is 18.6. The van der Waals surface area contributed by atoms with Crippen LogP contribution in [-0.2, 0) is 0 Å². The van der Waals surface area contributed by atoms with Gasteiger partial charge in [0.15, 0.2) is 11.5 Å². The van der Waals surface area contributed by atoms with Crippen LogP contribution in [0, 0.1) is 0 Å². The van der Waals surface area contributed by atoms with E-state index in [2.05, 4.69) is 19.2 Å². The molecule has 2 aromatic rings. The van der Waals surface area contributed by atoms with Gasteiger partial charge in [-0.15, -0.1) is 0 Å². The van der Waals surface area contributed by atoms with Crippen LogP contribution in [0.4, 0.5) is 5.69 Å². The van der Waals surface area contributed by atoms with E-state index in [0.717, 1.165) is 17.7 Å². The van der Waals surface area contributed by atoms with Crippen LogP contribution in [0.2, 0.25) is 0 Å². The zero-order valence-electron chi connectivity index (χ0n) is 15.4. The Morgan fingerprint density at radius 2 is 1.64 bits per heavy atom. The molecular formula is C20H25NO4. The number of anilines is 1. The lowest BCUT2D eigenvalue weighted by Gasteiger charge is -2.17. The fourth-order valence-electron chi connectivity index (χ4n) is 2.67. The molecule has 0 unspecified atom stereocenters. The Labute approximate surface area is 148 Å². The van der Waals surface area contributed by atoms with Crippen molar-refractivity contribution in [2.24, 2.45) is 0 Å². The minimum atomic E-state index is -0.227. The lowest BCUT2D eigenvalue weighted by molar-refractivity contribution is 0.102. The van der Waals surface area contributed by atoms with E-state index in [1.165, 1.54) is 21.3 Å². The number of benzene rings is 2. The normalized spacial score (nSPS) is 11.6. The third-order valence-corrected chi connectivity index (χ3v) is 4.28. The van der Waals surface area contributed by atoms with E-state index in [-0.39, 0.29) is 5.91 Å². The van der Waals surface area contributed by atoms with Crippen molar-refractivity contribution in [2.45, 2.75) is 26.2 Å². The Morgan fingerprint density at radius 3 is 2.16 bits per heavy atom. The summed E-state index contributed by atoms with van der Waals surface area (Å²) in [5.41, 5.74) is 2.37. The van der Waals surface area contributed by atoms with Gasteiger partial charge < -0.3 is 19.5 Å². The van der Waals surface area contributed by atoms with Crippen LogP contribution in [0.1, 0.15) is 42.1 Å². The van der Waals surface area contributed by atoms with Crippen LogP contribution in [-0.4, -0.2) is 27.2 Å². The smallest absolute Gasteiger partial charge is 0.255 e. The molecule has 0 aliphatic carbocycles. The minimum Gasteiger partial charge on any atom is -0.493 e. The van der Waals surface area contributed by atoms with Crippen LogP contribution >= 0.6 is 0 Å². The van der Waals surface area contributed by atoms with Gasteiger partial charge in [0.05, 0.1) is 21.3 Å². The summed E-state index contributed by atoms with van der Waals surface area (Å²) in [5.74, 6) is 1.48.